The highest BCUT2D eigenvalue weighted by molar-refractivity contribution is 7.13. The van der Waals surface area contributed by atoms with Gasteiger partial charge >= 0.3 is 6.09 Å². The first-order chi connectivity index (χ1) is 13.3. The molecule has 0 saturated carbocycles. The second-order valence-electron chi connectivity index (χ2n) is 7.05. The lowest BCUT2D eigenvalue weighted by Crippen LogP contribution is -2.45. The zero-order valence-corrected chi connectivity index (χ0v) is 16.9. The summed E-state index contributed by atoms with van der Waals surface area (Å²) in [5, 5.41) is 11.5. The number of hydrogen-bond acceptors (Lipinski definition) is 7. The molecule has 0 fully saturated rings. The summed E-state index contributed by atoms with van der Waals surface area (Å²) in [6.07, 6.45) is 1.37. The first kappa shape index (κ1) is 19.7. The number of nitrogens with zero attached hydrogens (tertiary/aromatic N) is 4. The molecule has 3 aromatic rings. The van der Waals surface area contributed by atoms with E-state index in [9.17, 15) is 9.59 Å². The molecular formula is C18H22N6O3S. The maximum absolute atomic E-state index is 12.5. The van der Waals surface area contributed by atoms with E-state index in [1.54, 1.807) is 49.7 Å². The van der Waals surface area contributed by atoms with Crippen molar-refractivity contribution in [1.82, 2.24) is 24.9 Å². The van der Waals surface area contributed by atoms with E-state index in [0.717, 1.165) is 10.6 Å². The zero-order valence-electron chi connectivity index (χ0n) is 16.1. The molecule has 2 N–H and O–H groups in total. The average molecular weight is 402 g/mol. The van der Waals surface area contributed by atoms with Crippen LogP contribution in [-0.2, 0) is 9.53 Å². The van der Waals surface area contributed by atoms with Gasteiger partial charge in [-0.1, -0.05) is 13.0 Å². The maximum atomic E-state index is 12.5. The third kappa shape index (κ3) is 4.63. The Balaban J connectivity index is 1.75. The van der Waals surface area contributed by atoms with E-state index in [4.69, 9.17) is 4.74 Å². The van der Waals surface area contributed by atoms with Crippen LogP contribution in [0.5, 0.6) is 0 Å². The Morgan fingerprint density at radius 3 is 2.75 bits per heavy atom. The van der Waals surface area contributed by atoms with Crippen LogP contribution in [0.15, 0.2) is 29.8 Å². The van der Waals surface area contributed by atoms with Gasteiger partial charge in [0.15, 0.2) is 0 Å². The number of carbonyl (C=O) groups excluding carboxylic acids is 2. The number of ether oxygens (including phenoxy) is 1. The number of alkyl carbamates (subject to hydrolysis) is 1. The lowest BCUT2D eigenvalue weighted by atomic mass is 10.2. The Labute approximate surface area is 166 Å². The molecule has 3 rings (SSSR count). The molecule has 0 aliphatic rings. The number of aromatic nitrogens is 4. The molecule has 1 atom stereocenters. The molecule has 3 aromatic heterocycles. The van der Waals surface area contributed by atoms with Gasteiger partial charge in [0.05, 0.1) is 10.6 Å². The van der Waals surface area contributed by atoms with E-state index < -0.39 is 23.6 Å². The summed E-state index contributed by atoms with van der Waals surface area (Å²) < 4.78 is 6.77. The largest absolute Gasteiger partial charge is 0.444 e. The van der Waals surface area contributed by atoms with Crippen LogP contribution >= 0.6 is 11.3 Å². The summed E-state index contributed by atoms with van der Waals surface area (Å²) in [6, 6.07) is 4.97. The topological polar surface area (TPSA) is 111 Å². The Morgan fingerprint density at radius 2 is 2.11 bits per heavy atom. The van der Waals surface area contributed by atoms with Gasteiger partial charge in [0.25, 0.3) is 11.7 Å². The summed E-state index contributed by atoms with van der Waals surface area (Å²) in [4.78, 5) is 33.9. The van der Waals surface area contributed by atoms with Crippen molar-refractivity contribution < 1.29 is 14.3 Å². The summed E-state index contributed by atoms with van der Waals surface area (Å²) in [5.74, 6) is 0.0576. The minimum atomic E-state index is -0.772. The van der Waals surface area contributed by atoms with Crippen LogP contribution < -0.4 is 10.6 Å². The van der Waals surface area contributed by atoms with Crippen LogP contribution in [0.2, 0.25) is 0 Å². The van der Waals surface area contributed by atoms with Gasteiger partial charge < -0.3 is 10.1 Å². The van der Waals surface area contributed by atoms with Gasteiger partial charge in [-0.15, -0.1) is 16.4 Å². The molecule has 0 aromatic carbocycles. The number of nitrogens with one attached hydrogen (secondary N) is 2. The van der Waals surface area contributed by atoms with E-state index in [1.807, 2.05) is 23.6 Å². The van der Waals surface area contributed by atoms with Crippen molar-refractivity contribution in [3.05, 3.63) is 29.8 Å². The predicted octanol–water partition coefficient (Wildman–Crippen LogP) is 3.09. The van der Waals surface area contributed by atoms with Gasteiger partial charge in [0.2, 0.25) is 5.91 Å². The molecular weight excluding hydrogens is 380 g/mol. The SMILES string of the molecule is CCC(NC(=O)OC(C)(C)C)C(=O)Nc1nc2nccc(-c3cccs3)n2n1. The Bertz CT molecular complexity index is 977. The first-order valence-corrected chi connectivity index (χ1v) is 9.71. The van der Waals surface area contributed by atoms with Gasteiger partial charge in [0, 0.05) is 6.20 Å². The number of fused-ring (bicyclic) bond motifs is 1. The molecule has 3 heterocycles. The number of hydrogen-bond donors (Lipinski definition) is 2. The van der Waals surface area contributed by atoms with E-state index >= 15 is 0 Å². The van der Waals surface area contributed by atoms with Gasteiger partial charge in [-0.2, -0.15) is 9.50 Å². The summed E-state index contributed by atoms with van der Waals surface area (Å²) in [5.41, 5.74) is 0.179. The molecule has 0 radical (unpaired) electrons. The van der Waals surface area contributed by atoms with Crippen LogP contribution in [-0.4, -0.2) is 43.2 Å². The molecule has 0 saturated heterocycles. The predicted molar refractivity (Wildman–Crippen MR) is 106 cm³/mol. The Morgan fingerprint density at radius 1 is 1.32 bits per heavy atom. The molecule has 0 bridgehead atoms. The van der Waals surface area contributed by atoms with Crippen LogP contribution in [0.1, 0.15) is 34.1 Å². The van der Waals surface area contributed by atoms with Crippen molar-refractivity contribution in [2.75, 3.05) is 5.32 Å². The van der Waals surface area contributed by atoms with Gasteiger partial charge in [-0.05, 0) is 44.7 Å². The van der Waals surface area contributed by atoms with Gasteiger partial charge in [0.1, 0.15) is 11.6 Å². The fourth-order valence-electron chi connectivity index (χ4n) is 2.46. The third-order valence-corrected chi connectivity index (χ3v) is 4.56. The minimum absolute atomic E-state index is 0.117. The fourth-order valence-corrected chi connectivity index (χ4v) is 3.19. The molecule has 1 unspecified atom stereocenters. The van der Waals surface area contributed by atoms with Crippen LogP contribution in [0.4, 0.5) is 10.7 Å². The van der Waals surface area contributed by atoms with Crippen LogP contribution in [0, 0.1) is 0 Å². The second-order valence-corrected chi connectivity index (χ2v) is 8.00. The normalized spacial score (nSPS) is 12.6. The lowest BCUT2D eigenvalue weighted by Gasteiger charge is -2.22. The minimum Gasteiger partial charge on any atom is -0.444 e. The number of thiophene rings is 1. The molecule has 10 heteroatoms. The maximum Gasteiger partial charge on any atom is 0.408 e. The van der Waals surface area contributed by atoms with Crippen molar-refractivity contribution in [2.45, 2.75) is 45.8 Å². The number of carbonyl (C=O) groups is 2. The Kier molecular flexibility index (Phi) is 5.59. The first-order valence-electron chi connectivity index (χ1n) is 8.83. The molecule has 148 valence electrons. The number of amides is 2. The van der Waals surface area contributed by atoms with Crippen molar-refractivity contribution >= 4 is 35.1 Å². The van der Waals surface area contributed by atoms with E-state index in [1.165, 1.54) is 0 Å². The van der Waals surface area contributed by atoms with Gasteiger partial charge in [-0.25, -0.2) is 9.78 Å². The van der Waals surface area contributed by atoms with Gasteiger partial charge in [-0.3, -0.25) is 10.1 Å². The number of anilines is 1. The molecule has 0 spiro atoms. The fraction of sp³-hybridized carbons (Fsp3) is 0.389. The van der Waals surface area contributed by atoms with Crippen LogP contribution in [0.3, 0.4) is 0 Å². The van der Waals surface area contributed by atoms with Crippen LogP contribution in [0.25, 0.3) is 16.3 Å². The molecule has 9 nitrogen and oxygen atoms in total. The van der Waals surface area contributed by atoms with Crippen molar-refractivity contribution in [3.8, 4) is 10.6 Å². The van der Waals surface area contributed by atoms with Crippen molar-refractivity contribution in [3.63, 3.8) is 0 Å². The monoisotopic (exact) mass is 402 g/mol. The smallest absolute Gasteiger partial charge is 0.408 e. The quantitative estimate of drug-likeness (QED) is 0.678. The molecule has 0 aliphatic carbocycles. The highest BCUT2D eigenvalue weighted by atomic mass is 32.1. The molecule has 0 aliphatic heterocycles. The summed E-state index contributed by atoms with van der Waals surface area (Å²) in [6.45, 7) is 7.06. The van der Waals surface area contributed by atoms with Crippen molar-refractivity contribution in [2.24, 2.45) is 0 Å². The lowest BCUT2D eigenvalue weighted by molar-refractivity contribution is -0.118. The highest BCUT2D eigenvalue weighted by Gasteiger charge is 2.24. The van der Waals surface area contributed by atoms with E-state index in [-0.39, 0.29) is 5.95 Å². The third-order valence-electron chi connectivity index (χ3n) is 3.66. The highest BCUT2D eigenvalue weighted by Crippen LogP contribution is 2.24. The molecule has 28 heavy (non-hydrogen) atoms. The Hall–Kier alpha value is -3.01. The zero-order chi connectivity index (χ0) is 20.3. The molecule has 2 amide bonds. The second kappa shape index (κ2) is 7.93. The summed E-state index contributed by atoms with van der Waals surface area (Å²) >= 11 is 1.57. The summed E-state index contributed by atoms with van der Waals surface area (Å²) in [7, 11) is 0. The standard InChI is InChI=1S/C18H22N6O3S/c1-5-11(20-17(26)27-18(2,3)4)14(25)21-15-22-16-19-9-8-12(24(16)23-15)13-7-6-10-28-13/h6-11H,5H2,1-4H3,(H,20,26)(H,21,23,25). The number of rotatable bonds is 5. The van der Waals surface area contributed by atoms with Crippen molar-refractivity contribution in [1.29, 1.82) is 0 Å². The van der Waals surface area contributed by atoms with E-state index in [0.29, 0.717) is 12.2 Å². The van der Waals surface area contributed by atoms with E-state index in [2.05, 4.69) is 25.7 Å². The average Bonchev–Trinajstić information content (AvgIpc) is 3.26.